The molecule has 0 aromatic carbocycles. The van der Waals surface area contributed by atoms with Gasteiger partial charge in [0.15, 0.2) is 0 Å². The Bertz CT molecular complexity index is 190. The van der Waals surface area contributed by atoms with Crippen molar-refractivity contribution in [2.24, 2.45) is 0 Å². The number of hydrogen-bond donors (Lipinski definition) is 0. The SMILES string of the molecule is CCN(CC)CCn1c[c]nc1. The number of likely N-dealkylation sites (N-methyl/N-ethyl adjacent to an activating group) is 1. The van der Waals surface area contributed by atoms with E-state index in [1.54, 1.807) is 0 Å². The first-order chi connectivity index (χ1) is 5.86. The molecule has 1 radical (unpaired) electrons. The van der Waals surface area contributed by atoms with Crippen molar-refractivity contribution in [3.63, 3.8) is 0 Å². The van der Waals surface area contributed by atoms with E-state index < -0.39 is 0 Å². The number of rotatable bonds is 5. The van der Waals surface area contributed by atoms with Crippen molar-refractivity contribution in [2.75, 3.05) is 19.6 Å². The number of aromatic nitrogens is 2. The molecule has 0 amide bonds. The molecule has 1 rings (SSSR count). The van der Waals surface area contributed by atoms with Gasteiger partial charge in [0.2, 0.25) is 0 Å². The van der Waals surface area contributed by atoms with E-state index in [1.807, 2.05) is 12.5 Å². The van der Waals surface area contributed by atoms with E-state index in [0.29, 0.717) is 0 Å². The van der Waals surface area contributed by atoms with Gasteiger partial charge < -0.3 is 9.47 Å². The van der Waals surface area contributed by atoms with E-state index in [2.05, 4.69) is 34.5 Å². The lowest BCUT2D eigenvalue weighted by molar-refractivity contribution is 0.290. The van der Waals surface area contributed by atoms with Crippen molar-refractivity contribution >= 4 is 0 Å². The van der Waals surface area contributed by atoms with Gasteiger partial charge in [-0.25, -0.2) is 4.98 Å². The minimum absolute atomic E-state index is 1.01. The van der Waals surface area contributed by atoms with Crippen molar-refractivity contribution in [2.45, 2.75) is 20.4 Å². The summed E-state index contributed by atoms with van der Waals surface area (Å²) in [6, 6.07) is 0. The zero-order valence-corrected chi connectivity index (χ0v) is 7.82. The van der Waals surface area contributed by atoms with E-state index in [-0.39, 0.29) is 0 Å². The number of imidazole rings is 1. The van der Waals surface area contributed by atoms with Crippen LogP contribution >= 0.6 is 0 Å². The molecule has 0 unspecified atom stereocenters. The van der Waals surface area contributed by atoms with Crippen molar-refractivity contribution in [3.05, 3.63) is 18.7 Å². The van der Waals surface area contributed by atoms with Crippen molar-refractivity contribution in [1.82, 2.24) is 14.5 Å². The van der Waals surface area contributed by atoms with Crippen LogP contribution in [0.25, 0.3) is 0 Å². The molecule has 0 fully saturated rings. The summed E-state index contributed by atoms with van der Waals surface area (Å²) in [7, 11) is 0. The van der Waals surface area contributed by atoms with Crippen LogP contribution in [0.1, 0.15) is 13.8 Å². The van der Waals surface area contributed by atoms with Crippen LogP contribution in [0, 0.1) is 6.20 Å². The Balaban J connectivity index is 2.25. The van der Waals surface area contributed by atoms with Gasteiger partial charge in [-0.1, -0.05) is 13.8 Å². The molecule has 3 heteroatoms. The fourth-order valence-corrected chi connectivity index (χ4v) is 1.17. The van der Waals surface area contributed by atoms with Gasteiger partial charge in [-0.05, 0) is 13.1 Å². The monoisotopic (exact) mass is 166 g/mol. The van der Waals surface area contributed by atoms with Crippen molar-refractivity contribution < 1.29 is 0 Å². The minimum Gasteiger partial charge on any atom is -0.335 e. The van der Waals surface area contributed by atoms with Crippen molar-refractivity contribution in [1.29, 1.82) is 0 Å². The Kier molecular flexibility index (Phi) is 3.80. The zero-order valence-electron chi connectivity index (χ0n) is 7.82. The maximum absolute atomic E-state index is 3.87. The van der Waals surface area contributed by atoms with Gasteiger partial charge in [-0.2, -0.15) is 0 Å². The second-order valence-electron chi connectivity index (χ2n) is 2.77. The van der Waals surface area contributed by atoms with Gasteiger partial charge in [-0.3, -0.25) is 0 Å². The molecule has 0 N–H and O–H groups in total. The lowest BCUT2D eigenvalue weighted by atomic mass is 10.4. The highest BCUT2D eigenvalue weighted by Crippen LogP contribution is 1.90. The third kappa shape index (κ3) is 2.66. The van der Waals surface area contributed by atoms with Crippen LogP contribution < -0.4 is 0 Å². The topological polar surface area (TPSA) is 21.1 Å². The zero-order chi connectivity index (χ0) is 8.81. The first kappa shape index (κ1) is 9.26. The molecule has 0 bridgehead atoms. The van der Waals surface area contributed by atoms with Crippen LogP contribution in [-0.4, -0.2) is 34.1 Å². The Morgan fingerprint density at radius 3 is 2.67 bits per heavy atom. The minimum atomic E-state index is 1.01. The van der Waals surface area contributed by atoms with Crippen LogP contribution in [0.5, 0.6) is 0 Å². The van der Waals surface area contributed by atoms with Gasteiger partial charge in [0, 0.05) is 19.3 Å². The lowest BCUT2D eigenvalue weighted by Crippen LogP contribution is -2.26. The average molecular weight is 166 g/mol. The predicted octanol–water partition coefficient (Wildman–Crippen LogP) is 1.03. The molecule has 0 aliphatic heterocycles. The molecule has 1 aromatic rings. The number of hydrogen-bond acceptors (Lipinski definition) is 2. The molecule has 67 valence electrons. The molecular weight excluding hydrogens is 150 g/mol. The van der Waals surface area contributed by atoms with Crippen LogP contribution in [-0.2, 0) is 6.54 Å². The lowest BCUT2D eigenvalue weighted by Gasteiger charge is -2.17. The molecule has 3 nitrogen and oxygen atoms in total. The fourth-order valence-electron chi connectivity index (χ4n) is 1.17. The van der Waals surface area contributed by atoms with Gasteiger partial charge in [0.05, 0.1) is 6.33 Å². The van der Waals surface area contributed by atoms with Gasteiger partial charge in [-0.15, -0.1) is 0 Å². The first-order valence-corrected chi connectivity index (χ1v) is 4.47. The summed E-state index contributed by atoms with van der Waals surface area (Å²) in [5.74, 6) is 0. The van der Waals surface area contributed by atoms with E-state index in [1.165, 1.54) is 0 Å². The molecule has 0 saturated carbocycles. The first-order valence-electron chi connectivity index (χ1n) is 4.47. The molecule has 12 heavy (non-hydrogen) atoms. The molecule has 0 saturated heterocycles. The molecular formula is C9H16N3. The summed E-state index contributed by atoms with van der Waals surface area (Å²) < 4.78 is 2.05. The maximum atomic E-state index is 3.87. The van der Waals surface area contributed by atoms with Gasteiger partial charge >= 0.3 is 0 Å². The van der Waals surface area contributed by atoms with Crippen LogP contribution in [0.4, 0.5) is 0 Å². The molecule has 0 atom stereocenters. The molecule has 1 heterocycles. The largest absolute Gasteiger partial charge is 0.335 e. The molecule has 0 aliphatic rings. The van der Waals surface area contributed by atoms with E-state index >= 15 is 0 Å². The summed E-state index contributed by atoms with van der Waals surface area (Å²) in [5, 5.41) is 0. The molecule has 0 aliphatic carbocycles. The third-order valence-electron chi connectivity index (χ3n) is 2.07. The van der Waals surface area contributed by atoms with E-state index in [0.717, 1.165) is 26.2 Å². The van der Waals surface area contributed by atoms with Gasteiger partial charge in [0.1, 0.15) is 6.20 Å². The quantitative estimate of drug-likeness (QED) is 0.651. The maximum Gasteiger partial charge on any atom is 0.108 e. The second kappa shape index (κ2) is 4.93. The summed E-state index contributed by atoms with van der Waals surface area (Å²) in [6.07, 6.45) is 6.47. The van der Waals surface area contributed by atoms with Crippen molar-refractivity contribution in [3.8, 4) is 0 Å². The van der Waals surface area contributed by atoms with Crippen LogP contribution in [0.2, 0.25) is 0 Å². The van der Waals surface area contributed by atoms with E-state index in [9.17, 15) is 0 Å². The molecule has 0 spiro atoms. The van der Waals surface area contributed by atoms with Crippen LogP contribution in [0.3, 0.4) is 0 Å². The Morgan fingerprint density at radius 2 is 2.17 bits per heavy atom. The molecule has 1 aromatic heterocycles. The van der Waals surface area contributed by atoms with Gasteiger partial charge in [0.25, 0.3) is 0 Å². The number of nitrogens with zero attached hydrogens (tertiary/aromatic N) is 3. The summed E-state index contributed by atoms with van der Waals surface area (Å²) in [5.41, 5.74) is 0. The summed E-state index contributed by atoms with van der Waals surface area (Å²) in [6.45, 7) is 8.71. The summed E-state index contributed by atoms with van der Waals surface area (Å²) >= 11 is 0. The third-order valence-corrected chi connectivity index (χ3v) is 2.07. The Labute approximate surface area is 74.0 Å². The predicted molar refractivity (Wildman–Crippen MR) is 48.9 cm³/mol. The van der Waals surface area contributed by atoms with E-state index in [4.69, 9.17) is 0 Å². The standard InChI is InChI=1S/C9H16N3/c1-3-11(4-2)7-8-12-6-5-10-9-12/h6,9H,3-4,7-8H2,1-2H3. The highest BCUT2D eigenvalue weighted by atomic mass is 15.1. The highest BCUT2D eigenvalue weighted by Gasteiger charge is 1.97. The Hall–Kier alpha value is -0.830. The average Bonchev–Trinajstić information content (AvgIpc) is 2.59. The normalized spacial score (nSPS) is 10.9. The Morgan fingerprint density at radius 1 is 1.42 bits per heavy atom. The smallest absolute Gasteiger partial charge is 0.108 e. The second-order valence-corrected chi connectivity index (χ2v) is 2.77. The van der Waals surface area contributed by atoms with Crippen LogP contribution in [0.15, 0.2) is 12.5 Å². The summed E-state index contributed by atoms with van der Waals surface area (Å²) in [4.78, 5) is 6.26. The fraction of sp³-hybridized carbons (Fsp3) is 0.667. The highest BCUT2D eigenvalue weighted by molar-refractivity contribution is 4.72.